The van der Waals surface area contributed by atoms with Crippen molar-refractivity contribution in [3.63, 3.8) is 0 Å². The van der Waals surface area contributed by atoms with Gasteiger partial charge in [-0.2, -0.15) is 0 Å². The van der Waals surface area contributed by atoms with E-state index in [0.29, 0.717) is 45.5 Å². The number of nitrogens with zero attached hydrogens (tertiary/aromatic N) is 2. The molecule has 5 rings (SSSR count). The van der Waals surface area contributed by atoms with Crippen molar-refractivity contribution >= 4 is 46.2 Å². The molecule has 34 heavy (non-hydrogen) atoms. The van der Waals surface area contributed by atoms with Crippen LogP contribution in [0, 0.1) is 6.92 Å². The van der Waals surface area contributed by atoms with E-state index in [1.807, 2.05) is 61.5 Å². The Morgan fingerprint density at radius 2 is 1.91 bits per heavy atom. The summed E-state index contributed by atoms with van der Waals surface area (Å²) in [6, 6.07) is 20.6. The minimum Gasteiger partial charge on any atom is -0.493 e. The Balaban J connectivity index is 1.36. The minimum atomic E-state index is -0.181. The Kier molecular flexibility index (Phi) is 6.47. The van der Waals surface area contributed by atoms with Gasteiger partial charge in [0.1, 0.15) is 11.4 Å². The second-order valence-electron chi connectivity index (χ2n) is 7.67. The number of thioether (sulfide) groups is 1. The molecule has 0 saturated heterocycles. The van der Waals surface area contributed by atoms with E-state index in [9.17, 15) is 4.79 Å². The monoisotopic (exact) mass is 492 g/mol. The molecule has 8 heteroatoms. The molecule has 6 nitrogen and oxygen atoms in total. The number of amides is 1. The fraction of sp³-hybridized carbons (Fsp3) is 0.154. The zero-order valence-electron chi connectivity index (χ0n) is 18.4. The maximum Gasteiger partial charge on any atom is 0.283 e. The van der Waals surface area contributed by atoms with Gasteiger partial charge in [0, 0.05) is 10.8 Å². The number of halogens is 1. The van der Waals surface area contributed by atoms with Crippen LogP contribution in [0.5, 0.6) is 17.2 Å². The highest BCUT2D eigenvalue weighted by molar-refractivity contribution is 8.14. The molecule has 0 radical (unpaired) electrons. The highest BCUT2D eigenvalue weighted by Gasteiger charge is 2.32. The average molecular weight is 493 g/mol. The van der Waals surface area contributed by atoms with E-state index in [1.54, 1.807) is 23.1 Å². The summed E-state index contributed by atoms with van der Waals surface area (Å²) < 4.78 is 16.6. The predicted molar refractivity (Wildman–Crippen MR) is 136 cm³/mol. The maximum atomic E-state index is 13.4. The van der Waals surface area contributed by atoms with Gasteiger partial charge in [0.15, 0.2) is 16.7 Å². The molecule has 0 saturated carbocycles. The highest BCUT2D eigenvalue weighted by Crippen LogP contribution is 2.34. The molecule has 2 aliphatic heterocycles. The molecule has 2 aliphatic rings. The molecular formula is C26H21ClN2O4S. The van der Waals surface area contributed by atoms with E-state index < -0.39 is 0 Å². The molecule has 172 valence electrons. The van der Waals surface area contributed by atoms with Crippen LogP contribution in [0.1, 0.15) is 11.1 Å². The Bertz CT molecular complexity index is 1290. The molecule has 0 atom stereocenters. The number of benzene rings is 3. The largest absolute Gasteiger partial charge is 0.493 e. The normalized spacial score (nSPS) is 15.7. The standard InChI is InChI=1S/C26H21ClN2O4S/c1-17-5-8-20(9-6-17)29-25(30)22(13-18-7-10-23-24(14-18)33-16-32-23)28-26(29)34-12-11-31-21-4-2-3-19(27)15-21/h2-10,13-15H,11-12,16H2,1H3/b22-13+. The summed E-state index contributed by atoms with van der Waals surface area (Å²) in [6.45, 7) is 2.66. The smallest absolute Gasteiger partial charge is 0.283 e. The third kappa shape index (κ3) is 4.90. The fourth-order valence-electron chi connectivity index (χ4n) is 3.52. The predicted octanol–water partition coefficient (Wildman–Crippen LogP) is 5.93. The second kappa shape index (κ2) is 9.83. The lowest BCUT2D eigenvalue weighted by Crippen LogP contribution is -2.30. The topological polar surface area (TPSA) is 60.4 Å². The van der Waals surface area contributed by atoms with Crippen molar-refractivity contribution in [3.8, 4) is 17.2 Å². The minimum absolute atomic E-state index is 0.181. The molecule has 0 N–H and O–H groups in total. The summed E-state index contributed by atoms with van der Waals surface area (Å²) in [5, 5.41) is 1.23. The lowest BCUT2D eigenvalue weighted by Gasteiger charge is -2.18. The van der Waals surface area contributed by atoms with E-state index >= 15 is 0 Å². The molecule has 0 spiro atoms. The van der Waals surface area contributed by atoms with Gasteiger partial charge in [-0.05, 0) is 61.0 Å². The van der Waals surface area contributed by atoms with Crippen LogP contribution in [-0.4, -0.2) is 30.2 Å². The number of aliphatic imine (C=N–C) groups is 1. The number of ether oxygens (including phenoxy) is 3. The molecule has 3 aromatic carbocycles. The van der Waals surface area contributed by atoms with Crippen LogP contribution in [0.2, 0.25) is 5.02 Å². The van der Waals surface area contributed by atoms with Crippen LogP contribution in [0.3, 0.4) is 0 Å². The third-order valence-corrected chi connectivity index (χ3v) is 6.34. The average Bonchev–Trinajstić information content (AvgIpc) is 3.42. The van der Waals surface area contributed by atoms with Crippen LogP contribution in [0.25, 0.3) is 6.08 Å². The molecule has 0 fully saturated rings. The van der Waals surface area contributed by atoms with Gasteiger partial charge in [-0.15, -0.1) is 0 Å². The van der Waals surface area contributed by atoms with Crippen molar-refractivity contribution in [2.24, 2.45) is 4.99 Å². The number of rotatable bonds is 6. The van der Waals surface area contributed by atoms with Gasteiger partial charge in [0.2, 0.25) is 6.79 Å². The van der Waals surface area contributed by atoms with Crippen LogP contribution in [0.15, 0.2) is 77.4 Å². The maximum absolute atomic E-state index is 13.4. The summed E-state index contributed by atoms with van der Waals surface area (Å²) in [7, 11) is 0. The zero-order valence-corrected chi connectivity index (χ0v) is 19.9. The molecule has 1 amide bonds. The number of fused-ring (bicyclic) bond motifs is 1. The van der Waals surface area contributed by atoms with Crippen molar-refractivity contribution in [2.75, 3.05) is 24.1 Å². The number of carbonyl (C=O) groups is 1. The number of hydrogen-bond donors (Lipinski definition) is 0. The number of anilines is 1. The lowest BCUT2D eigenvalue weighted by atomic mass is 10.1. The number of aryl methyl sites for hydroxylation is 1. The van der Waals surface area contributed by atoms with Gasteiger partial charge in [0.25, 0.3) is 5.91 Å². The first-order valence-corrected chi connectivity index (χ1v) is 12.1. The summed E-state index contributed by atoms with van der Waals surface area (Å²) in [5.41, 5.74) is 3.06. The summed E-state index contributed by atoms with van der Waals surface area (Å²) in [6.07, 6.45) is 1.77. The molecular weight excluding hydrogens is 472 g/mol. The quantitative estimate of drug-likeness (QED) is 0.315. The van der Waals surface area contributed by atoms with Gasteiger partial charge in [-0.1, -0.05) is 53.2 Å². The van der Waals surface area contributed by atoms with E-state index in [1.165, 1.54) is 11.8 Å². The molecule has 0 aromatic heterocycles. The molecule has 0 unspecified atom stereocenters. The Labute approximate surface area is 206 Å². The van der Waals surface area contributed by atoms with Crippen molar-refractivity contribution in [3.05, 3.63) is 88.6 Å². The van der Waals surface area contributed by atoms with E-state index in [2.05, 4.69) is 4.99 Å². The van der Waals surface area contributed by atoms with E-state index in [4.69, 9.17) is 25.8 Å². The number of amidine groups is 1. The summed E-state index contributed by atoms with van der Waals surface area (Å²) in [5.74, 6) is 2.49. The number of carbonyl (C=O) groups excluding carboxylic acids is 1. The van der Waals surface area contributed by atoms with Crippen LogP contribution < -0.4 is 19.1 Å². The Morgan fingerprint density at radius 3 is 2.74 bits per heavy atom. The van der Waals surface area contributed by atoms with Gasteiger partial charge < -0.3 is 14.2 Å². The van der Waals surface area contributed by atoms with Crippen molar-refractivity contribution in [2.45, 2.75) is 6.92 Å². The van der Waals surface area contributed by atoms with Crippen molar-refractivity contribution < 1.29 is 19.0 Å². The number of hydrogen-bond acceptors (Lipinski definition) is 6. The lowest BCUT2D eigenvalue weighted by molar-refractivity contribution is -0.113. The Hall–Kier alpha value is -3.42. The summed E-state index contributed by atoms with van der Waals surface area (Å²) >= 11 is 7.48. The van der Waals surface area contributed by atoms with E-state index in [0.717, 1.165) is 16.8 Å². The molecule has 3 aromatic rings. The molecule has 2 heterocycles. The first-order valence-electron chi connectivity index (χ1n) is 10.7. The molecule has 0 aliphatic carbocycles. The first-order chi connectivity index (χ1) is 16.6. The first kappa shape index (κ1) is 22.4. The van der Waals surface area contributed by atoms with Gasteiger partial charge in [0.05, 0.1) is 12.3 Å². The van der Waals surface area contributed by atoms with Crippen molar-refractivity contribution in [1.82, 2.24) is 0 Å². The van der Waals surface area contributed by atoms with Crippen LogP contribution in [0.4, 0.5) is 5.69 Å². The highest BCUT2D eigenvalue weighted by atomic mass is 35.5. The molecule has 0 bridgehead atoms. The van der Waals surface area contributed by atoms with Gasteiger partial charge in [-0.25, -0.2) is 4.99 Å². The van der Waals surface area contributed by atoms with Gasteiger partial charge in [-0.3, -0.25) is 9.69 Å². The van der Waals surface area contributed by atoms with Gasteiger partial charge >= 0.3 is 0 Å². The SMILES string of the molecule is Cc1ccc(N2C(=O)/C(=C\c3ccc4c(c3)OCO4)N=C2SCCOc2cccc(Cl)c2)cc1. The van der Waals surface area contributed by atoms with Crippen molar-refractivity contribution in [1.29, 1.82) is 0 Å². The zero-order chi connectivity index (χ0) is 23.5. The Morgan fingerprint density at radius 1 is 1.09 bits per heavy atom. The third-order valence-electron chi connectivity index (χ3n) is 5.20. The second-order valence-corrected chi connectivity index (χ2v) is 9.17. The fourth-order valence-corrected chi connectivity index (χ4v) is 4.53. The van der Waals surface area contributed by atoms with Crippen LogP contribution in [-0.2, 0) is 4.79 Å². The van der Waals surface area contributed by atoms with Crippen LogP contribution >= 0.6 is 23.4 Å². The van der Waals surface area contributed by atoms with E-state index in [-0.39, 0.29) is 12.7 Å². The summed E-state index contributed by atoms with van der Waals surface area (Å²) in [4.78, 5) is 19.7.